The molecule has 0 unspecified atom stereocenters. The van der Waals surface area contributed by atoms with Crippen LogP contribution in [0.15, 0.2) is 72.8 Å². The molecule has 0 aliphatic carbocycles. The molecule has 0 spiro atoms. The van der Waals surface area contributed by atoms with E-state index >= 15 is 0 Å². The molecule has 0 bridgehead atoms. The molecule has 0 aliphatic heterocycles. The van der Waals surface area contributed by atoms with Gasteiger partial charge in [0, 0.05) is 0 Å². The molecule has 0 radical (unpaired) electrons. The minimum atomic E-state index is -0.436. The first kappa shape index (κ1) is 23.6. The number of rotatable bonds is 0. The first-order valence-electron chi connectivity index (χ1n) is 7.28. The zero-order valence-corrected chi connectivity index (χ0v) is 20.9. The summed E-state index contributed by atoms with van der Waals surface area (Å²) in [5.74, 6) is -1.75. The fourth-order valence-electron chi connectivity index (χ4n) is 2.40. The quantitative estimate of drug-likeness (QED) is 0.346. The molecule has 4 aromatic rings. The second-order valence-electron chi connectivity index (χ2n) is 5.29. The molecular formula is C20H12O4Sr2. The largest absolute Gasteiger partial charge is 2.00 e. The molecule has 0 amide bonds. The first-order chi connectivity index (χ1) is 11.5. The Morgan fingerprint density at radius 2 is 0.577 bits per heavy atom. The maximum Gasteiger partial charge on any atom is 2.00 e. The van der Waals surface area contributed by atoms with E-state index < -0.39 is 23.0 Å². The van der Waals surface area contributed by atoms with Crippen molar-refractivity contribution in [1.82, 2.24) is 0 Å². The molecule has 0 fully saturated rings. The fourth-order valence-corrected chi connectivity index (χ4v) is 2.40. The summed E-state index contributed by atoms with van der Waals surface area (Å²) in [6.07, 6.45) is 0. The molecule has 26 heavy (non-hydrogen) atoms. The summed E-state index contributed by atoms with van der Waals surface area (Å²) in [7, 11) is 0. The van der Waals surface area contributed by atoms with Gasteiger partial charge in [-0.3, -0.25) is 0 Å². The van der Waals surface area contributed by atoms with Crippen LogP contribution in [-0.4, -0.2) is 91.0 Å². The van der Waals surface area contributed by atoms with E-state index in [2.05, 4.69) is 0 Å². The Kier molecular flexibility index (Phi) is 9.79. The Hall–Kier alpha value is -0.439. The van der Waals surface area contributed by atoms with Crippen LogP contribution in [0, 0.1) is 0 Å². The van der Waals surface area contributed by atoms with Crippen molar-refractivity contribution in [3.05, 3.63) is 72.8 Å². The molecule has 0 heterocycles. The topological polar surface area (TPSA) is 92.2 Å². The second kappa shape index (κ2) is 10.8. The molecule has 4 aromatic carbocycles. The third-order valence-corrected chi connectivity index (χ3v) is 3.62. The minimum absolute atomic E-state index is 0. The molecular weight excluding hydrogens is 479 g/mol. The van der Waals surface area contributed by atoms with Crippen LogP contribution in [0.3, 0.4) is 0 Å². The Morgan fingerprint density at radius 3 is 0.769 bits per heavy atom. The van der Waals surface area contributed by atoms with Crippen LogP contribution in [0.1, 0.15) is 0 Å². The number of hydrogen-bond acceptors (Lipinski definition) is 4. The van der Waals surface area contributed by atoms with Gasteiger partial charge in [0.25, 0.3) is 0 Å². The van der Waals surface area contributed by atoms with E-state index in [4.69, 9.17) is 0 Å². The van der Waals surface area contributed by atoms with Crippen molar-refractivity contribution in [2.45, 2.75) is 0 Å². The van der Waals surface area contributed by atoms with Crippen molar-refractivity contribution in [2.75, 3.05) is 0 Å². The van der Waals surface area contributed by atoms with Gasteiger partial charge in [-0.05, 0) is 21.5 Å². The van der Waals surface area contributed by atoms with Crippen LogP contribution < -0.4 is 20.4 Å². The zero-order valence-electron chi connectivity index (χ0n) is 14.0. The second-order valence-corrected chi connectivity index (χ2v) is 5.29. The van der Waals surface area contributed by atoms with E-state index in [1.54, 1.807) is 0 Å². The summed E-state index contributed by atoms with van der Waals surface area (Å²) in [6, 6.07) is 20.1. The molecule has 0 aromatic heterocycles. The summed E-state index contributed by atoms with van der Waals surface area (Å²) in [6.45, 7) is 0. The molecule has 0 N–H and O–H groups in total. The van der Waals surface area contributed by atoms with Crippen molar-refractivity contribution < 1.29 is 20.4 Å². The standard InChI is InChI=1S/2C10H8O2.2Sr/c2*11-9-5-7-3-1-2-4-8(7)6-10(9)12;;/h2*1-6,11-12H;;/q;;2*+2/p-4. The first-order valence-corrected chi connectivity index (χ1v) is 7.28. The minimum Gasteiger partial charge on any atom is -0.873 e. The zero-order chi connectivity index (χ0) is 17.1. The van der Waals surface area contributed by atoms with Crippen LogP contribution in [-0.2, 0) is 0 Å². The van der Waals surface area contributed by atoms with E-state index in [1.165, 1.54) is 24.3 Å². The molecule has 6 heteroatoms. The normalized spacial score (nSPS) is 9.54. The molecule has 0 aliphatic rings. The Balaban J connectivity index is 0.000000241. The molecule has 0 saturated heterocycles. The van der Waals surface area contributed by atoms with Gasteiger partial charge in [-0.2, -0.15) is 0 Å². The molecule has 4 nitrogen and oxygen atoms in total. The molecule has 120 valence electrons. The number of benzene rings is 4. The Bertz CT molecular complexity index is 855. The van der Waals surface area contributed by atoms with Gasteiger partial charge >= 0.3 is 91.0 Å². The third-order valence-electron chi connectivity index (χ3n) is 3.62. The van der Waals surface area contributed by atoms with E-state index in [1.807, 2.05) is 48.5 Å². The van der Waals surface area contributed by atoms with Gasteiger partial charge in [0.1, 0.15) is 0 Å². The van der Waals surface area contributed by atoms with Crippen LogP contribution in [0.5, 0.6) is 23.0 Å². The van der Waals surface area contributed by atoms with Gasteiger partial charge in [-0.15, -0.1) is 23.0 Å². The monoisotopic (exact) mass is 492 g/mol. The average Bonchev–Trinajstić information content (AvgIpc) is 2.57. The van der Waals surface area contributed by atoms with Crippen LogP contribution in [0.4, 0.5) is 0 Å². The van der Waals surface area contributed by atoms with Gasteiger partial charge in [0.05, 0.1) is 0 Å². The van der Waals surface area contributed by atoms with Gasteiger partial charge in [0.15, 0.2) is 0 Å². The van der Waals surface area contributed by atoms with E-state index in [0.29, 0.717) is 0 Å². The van der Waals surface area contributed by atoms with Gasteiger partial charge < -0.3 is 20.4 Å². The molecule has 0 atom stereocenters. The smallest absolute Gasteiger partial charge is 0.873 e. The van der Waals surface area contributed by atoms with Crippen molar-refractivity contribution in [2.24, 2.45) is 0 Å². The summed E-state index contributed by atoms with van der Waals surface area (Å²) >= 11 is 0. The maximum absolute atomic E-state index is 10.9. The van der Waals surface area contributed by atoms with Crippen LogP contribution >= 0.6 is 0 Å². The Morgan fingerprint density at radius 1 is 0.385 bits per heavy atom. The van der Waals surface area contributed by atoms with Crippen molar-refractivity contribution in [3.8, 4) is 23.0 Å². The van der Waals surface area contributed by atoms with Gasteiger partial charge in [0.2, 0.25) is 0 Å². The number of fused-ring (bicyclic) bond motifs is 2. The fraction of sp³-hybridized carbons (Fsp3) is 0. The van der Waals surface area contributed by atoms with Gasteiger partial charge in [-0.25, -0.2) is 0 Å². The predicted molar refractivity (Wildman–Crippen MR) is 97.2 cm³/mol. The summed E-state index contributed by atoms with van der Waals surface area (Å²) in [5.41, 5.74) is 0. The SMILES string of the molecule is [O-]c1cc2ccccc2cc1[O-].[O-]c1cc2ccccc2cc1[O-].[Sr+2].[Sr+2]. The average molecular weight is 492 g/mol. The van der Waals surface area contributed by atoms with Crippen molar-refractivity contribution in [3.63, 3.8) is 0 Å². The van der Waals surface area contributed by atoms with E-state index in [-0.39, 0.29) is 91.0 Å². The van der Waals surface area contributed by atoms with Crippen molar-refractivity contribution >= 4 is 113 Å². The van der Waals surface area contributed by atoms with E-state index in [0.717, 1.165) is 21.5 Å². The summed E-state index contributed by atoms with van der Waals surface area (Å²) in [5, 5.41) is 47.0. The molecule has 4 rings (SSSR count). The summed E-state index contributed by atoms with van der Waals surface area (Å²) in [4.78, 5) is 0. The number of hydrogen-bond donors (Lipinski definition) is 0. The molecule has 0 saturated carbocycles. The van der Waals surface area contributed by atoms with E-state index in [9.17, 15) is 20.4 Å². The van der Waals surface area contributed by atoms with Crippen molar-refractivity contribution in [1.29, 1.82) is 0 Å². The maximum atomic E-state index is 10.9. The van der Waals surface area contributed by atoms with Crippen LogP contribution in [0.2, 0.25) is 0 Å². The Labute approximate surface area is 225 Å². The van der Waals surface area contributed by atoms with Gasteiger partial charge in [-0.1, -0.05) is 72.8 Å². The third kappa shape index (κ3) is 5.78. The predicted octanol–water partition coefficient (Wildman–Crippen LogP) is 1.21. The summed E-state index contributed by atoms with van der Waals surface area (Å²) < 4.78 is 0. The van der Waals surface area contributed by atoms with Crippen LogP contribution in [0.25, 0.3) is 21.5 Å².